The number of rotatable bonds is 9. The van der Waals surface area contributed by atoms with Crippen molar-refractivity contribution < 1.29 is 8.42 Å². The number of nitrogens with one attached hydrogen (secondary N) is 2. The predicted molar refractivity (Wildman–Crippen MR) is 70.0 cm³/mol. The maximum absolute atomic E-state index is 11.9. The van der Waals surface area contributed by atoms with Gasteiger partial charge in [0.2, 0.25) is 0 Å². The van der Waals surface area contributed by atoms with Crippen molar-refractivity contribution in [2.75, 3.05) is 33.7 Å². The summed E-state index contributed by atoms with van der Waals surface area (Å²) in [6, 6.07) is 0. The summed E-state index contributed by atoms with van der Waals surface area (Å²) in [5.41, 5.74) is 0. The maximum Gasteiger partial charge on any atom is 0.279 e. The molecule has 0 spiro atoms. The van der Waals surface area contributed by atoms with Crippen molar-refractivity contribution in [2.45, 2.75) is 26.2 Å². The van der Waals surface area contributed by atoms with Crippen LogP contribution in [0.15, 0.2) is 0 Å². The maximum atomic E-state index is 11.9. The zero-order valence-electron chi connectivity index (χ0n) is 11.1. The normalized spacial score (nSPS) is 18.6. The van der Waals surface area contributed by atoms with Gasteiger partial charge in [-0.05, 0) is 44.7 Å². The molecule has 1 atom stereocenters. The van der Waals surface area contributed by atoms with Crippen molar-refractivity contribution in [1.29, 1.82) is 0 Å². The lowest BCUT2D eigenvalue weighted by Crippen LogP contribution is -2.41. The van der Waals surface area contributed by atoms with Gasteiger partial charge in [0.1, 0.15) is 0 Å². The number of hydrogen-bond acceptors (Lipinski definition) is 3. The van der Waals surface area contributed by atoms with Crippen molar-refractivity contribution in [2.24, 2.45) is 11.8 Å². The molecule has 0 aromatic rings. The van der Waals surface area contributed by atoms with Gasteiger partial charge in [-0.2, -0.15) is 12.7 Å². The van der Waals surface area contributed by atoms with Crippen LogP contribution in [0, 0.1) is 11.8 Å². The van der Waals surface area contributed by atoms with Gasteiger partial charge in [0, 0.05) is 20.1 Å². The standard InChI is InChI=1S/C11H25N3O2S/c1-10(11-5-6-11)9-13-17(15,16)14(3)8-4-7-12-2/h10-13H,4-9H2,1-3H3. The molecule has 5 nitrogen and oxygen atoms in total. The zero-order chi connectivity index (χ0) is 12.9. The van der Waals surface area contributed by atoms with Gasteiger partial charge < -0.3 is 5.32 Å². The van der Waals surface area contributed by atoms with E-state index in [1.807, 2.05) is 7.05 Å². The first-order valence-corrected chi connectivity index (χ1v) is 7.77. The summed E-state index contributed by atoms with van der Waals surface area (Å²) in [7, 11) is 0.204. The number of nitrogens with zero attached hydrogens (tertiary/aromatic N) is 1. The van der Waals surface area contributed by atoms with E-state index in [1.165, 1.54) is 17.1 Å². The van der Waals surface area contributed by atoms with Gasteiger partial charge in [-0.15, -0.1) is 0 Å². The van der Waals surface area contributed by atoms with Crippen LogP contribution in [-0.2, 0) is 10.2 Å². The van der Waals surface area contributed by atoms with E-state index in [2.05, 4.69) is 17.0 Å². The topological polar surface area (TPSA) is 61.4 Å². The first-order chi connectivity index (χ1) is 7.97. The van der Waals surface area contributed by atoms with Crippen LogP contribution in [0.25, 0.3) is 0 Å². The average Bonchev–Trinajstić information content (AvgIpc) is 3.10. The van der Waals surface area contributed by atoms with Crippen molar-refractivity contribution in [3.63, 3.8) is 0 Å². The van der Waals surface area contributed by atoms with Gasteiger partial charge in [0.05, 0.1) is 0 Å². The van der Waals surface area contributed by atoms with Crippen molar-refractivity contribution in [3.05, 3.63) is 0 Å². The molecule has 0 aromatic heterocycles. The highest BCUT2D eigenvalue weighted by Crippen LogP contribution is 2.36. The van der Waals surface area contributed by atoms with Crippen LogP contribution >= 0.6 is 0 Å². The molecule has 1 fully saturated rings. The van der Waals surface area contributed by atoms with Crippen LogP contribution in [0.1, 0.15) is 26.2 Å². The fourth-order valence-electron chi connectivity index (χ4n) is 1.78. The predicted octanol–water partition coefficient (Wildman–Crippen LogP) is 0.408. The molecule has 0 radical (unpaired) electrons. The third kappa shape index (κ3) is 5.33. The molecular weight excluding hydrogens is 238 g/mol. The van der Waals surface area contributed by atoms with Crippen LogP contribution in [-0.4, -0.2) is 46.5 Å². The molecule has 6 heteroatoms. The van der Waals surface area contributed by atoms with E-state index in [1.54, 1.807) is 7.05 Å². The highest BCUT2D eigenvalue weighted by Gasteiger charge is 2.29. The summed E-state index contributed by atoms with van der Waals surface area (Å²) in [5, 5.41) is 3.01. The first kappa shape index (κ1) is 14.9. The van der Waals surface area contributed by atoms with E-state index < -0.39 is 10.2 Å². The zero-order valence-corrected chi connectivity index (χ0v) is 11.9. The van der Waals surface area contributed by atoms with E-state index in [0.29, 0.717) is 19.0 Å². The Kier molecular flexibility index (Phi) is 5.85. The molecule has 1 aliphatic rings. The first-order valence-electron chi connectivity index (χ1n) is 6.33. The quantitative estimate of drug-likeness (QED) is 0.592. The minimum atomic E-state index is -3.29. The Labute approximate surface area is 105 Å². The lowest BCUT2D eigenvalue weighted by atomic mass is 10.1. The lowest BCUT2D eigenvalue weighted by Gasteiger charge is -2.19. The molecule has 0 aliphatic heterocycles. The van der Waals surface area contributed by atoms with E-state index in [4.69, 9.17) is 0 Å². The van der Waals surface area contributed by atoms with E-state index >= 15 is 0 Å². The Morgan fingerprint density at radius 3 is 2.59 bits per heavy atom. The van der Waals surface area contributed by atoms with Crippen molar-refractivity contribution in [1.82, 2.24) is 14.3 Å². The number of hydrogen-bond donors (Lipinski definition) is 2. The van der Waals surface area contributed by atoms with Crippen LogP contribution < -0.4 is 10.0 Å². The van der Waals surface area contributed by atoms with Gasteiger partial charge in [-0.3, -0.25) is 0 Å². The summed E-state index contributed by atoms with van der Waals surface area (Å²) < 4.78 is 27.8. The van der Waals surface area contributed by atoms with E-state index in [-0.39, 0.29) is 0 Å². The molecule has 1 rings (SSSR count). The Morgan fingerprint density at radius 2 is 2.06 bits per heavy atom. The smallest absolute Gasteiger partial charge is 0.279 e. The Bertz CT molecular complexity index is 315. The molecular formula is C11H25N3O2S. The van der Waals surface area contributed by atoms with Gasteiger partial charge in [0.25, 0.3) is 10.2 Å². The third-order valence-electron chi connectivity index (χ3n) is 3.32. The fourth-order valence-corrected chi connectivity index (χ4v) is 2.84. The largest absolute Gasteiger partial charge is 0.320 e. The third-order valence-corrected chi connectivity index (χ3v) is 4.86. The Balaban J connectivity index is 2.27. The van der Waals surface area contributed by atoms with Crippen LogP contribution in [0.3, 0.4) is 0 Å². The lowest BCUT2D eigenvalue weighted by molar-refractivity contribution is 0.432. The van der Waals surface area contributed by atoms with Crippen molar-refractivity contribution >= 4 is 10.2 Å². The molecule has 1 aliphatic carbocycles. The summed E-state index contributed by atoms with van der Waals surface area (Å²) in [6.45, 7) is 4.05. The summed E-state index contributed by atoms with van der Waals surface area (Å²) in [5.74, 6) is 1.18. The molecule has 1 unspecified atom stereocenters. The average molecular weight is 263 g/mol. The summed E-state index contributed by atoms with van der Waals surface area (Å²) in [4.78, 5) is 0. The van der Waals surface area contributed by atoms with Crippen LogP contribution in [0.5, 0.6) is 0 Å². The van der Waals surface area contributed by atoms with Gasteiger partial charge in [-0.1, -0.05) is 6.92 Å². The minimum Gasteiger partial charge on any atom is -0.320 e. The molecule has 0 amide bonds. The molecule has 0 bridgehead atoms. The second kappa shape index (κ2) is 6.68. The molecule has 1 saturated carbocycles. The monoisotopic (exact) mass is 263 g/mol. The van der Waals surface area contributed by atoms with Gasteiger partial charge >= 0.3 is 0 Å². The molecule has 2 N–H and O–H groups in total. The molecule has 0 aromatic carbocycles. The second-order valence-electron chi connectivity index (χ2n) is 4.95. The summed E-state index contributed by atoms with van der Waals surface area (Å²) >= 11 is 0. The fraction of sp³-hybridized carbons (Fsp3) is 1.00. The summed E-state index contributed by atoms with van der Waals surface area (Å²) in [6.07, 6.45) is 3.33. The van der Waals surface area contributed by atoms with Crippen LogP contribution in [0.2, 0.25) is 0 Å². The second-order valence-corrected chi connectivity index (χ2v) is 6.81. The van der Waals surface area contributed by atoms with E-state index in [9.17, 15) is 8.42 Å². The van der Waals surface area contributed by atoms with Crippen molar-refractivity contribution in [3.8, 4) is 0 Å². The van der Waals surface area contributed by atoms with Gasteiger partial charge in [0.15, 0.2) is 0 Å². The van der Waals surface area contributed by atoms with Gasteiger partial charge in [-0.25, -0.2) is 4.72 Å². The molecule has 102 valence electrons. The SMILES string of the molecule is CNCCCN(C)S(=O)(=O)NCC(C)C1CC1. The Morgan fingerprint density at radius 1 is 1.41 bits per heavy atom. The van der Waals surface area contributed by atoms with Crippen LogP contribution in [0.4, 0.5) is 0 Å². The highest BCUT2D eigenvalue weighted by molar-refractivity contribution is 7.87. The van der Waals surface area contributed by atoms with E-state index in [0.717, 1.165) is 18.9 Å². The Hall–Kier alpha value is -0.170. The minimum absolute atomic E-state index is 0.454. The molecule has 0 heterocycles. The highest BCUT2D eigenvalue weighted by atomic mass is 32.2. The molecule has 17 heavy (non-hydrogen) atoms. The molecule has 0 saturated heterocycles.